The Bertz CT molecular complexity index is 326. The van der Waals surface area contributed by atoms with Crippen molar-refractivity contribution in [1.82, 2.24) is 4.98 Å². The molecule has 0 aliphatic carbocycles. The largest absolute Gasteiger partial charge is 0.492 e. The Kier molecular flexibility index (Phi) is 3.41. The smallest absolute Gasteiger partial charge is 0.354 e. The molecule has 0 radical (unpaired) electrons. The fraction of sp³-hybridized carbons (Fsp3) is 0.333. The Morgan fingerprint density at radius 1 is 1.79 bits per heavy atom. The second-order valence-electron chi connectivity index (χ2n) is 2.97. The molecule has 0 aromatic carbocycles. The number of carboxylic acid groups (broad SMARTS) is 1. The first kappa shape index (κ1) is 10.5. The Hall–Kier alpha value is -1.62. The molecule has 14 heavy (non-hydrogen) atoms. The van der Waals surface area contributed by atoms with E-state index in [0.29, 0.717) is 12.4 Å². The van der Waals surface area contributed by atoms with Gasteiger partial charge in [-0.2, -0.15) is 0 Å². The van der Waals surface area contributed by atoms with Gasteiger partial charge in [0.25, 0.3) is 0 Å². The lowest BCUT2D eigenvalue weighted by Gasteiger charge is -2.08. The first-order chi connectivity index (χ1) is 6.59. The predicted octanol–water partition coefficient (Wildman–Crippen LogP) is 0.506. The number of aromatic nitrogens is 1. The lowest BCUT2D eigenvalue weighted by atomic mass is 10.3. The average Bonchev–Trinajstić information content (AvgIpc) is 2.15. The normalized spacial score (nSPS) is 12.1. The number of aromatic carboxylic acids is 1. The third-order valence-electron chi connectivity index (χ3n) is 1.46. The number of ether oxygens (including phenoxy) is 1. The summed E-state index contributed by atoms with van der Waals surface area (Å²) in [5, 5.41) is 8.64. The maximum atomic E-state index is 10.5. The molecule has 1 heterocycles. The van der Waals surface area contributed by atoms with Crippen LogP contribution in [0.3, 0.4) is 0 Å². The van der Waals surface area contributed by atoms with E-state index in [2.05, 4.69) is 4.98 Å². The number of pyridine rings is 1. The van der Waals surface area contributed by atoms with Crippen LogP contribution in [0.2, 0.25) is 0 Å². The molecule has 0 amide bonds. The molecule has 0 spiro atoms. The zero-order valence-electron chi connectivity index (χ0n) is 7.80. The van der Waals surface area contributed by atoms with Crippen LogP contribution in [0.25, 0.3) is 0 Å². The summed E-state index contributed by atoms with van der Waals surface area (Å²) in [5.74, 6) is -0.606. The van der Waals surface area contributed by atoms with Crippen LogP contribution in [0, 0.1) is 0 Å². The van der Waals surface area contributed by atoms with Gasteiger partial charge in [-0.1, -0.05) is 0 Å². The number of hydrogen-bond donors (Lipinski definition) is 2. The summed E-state index contributed by atoms with van der Waals surface area (Å²) >= 11 is 0. The summed E-state index contributed by atoms with van der Waals surface area (Å²) < 4.78 is 5.23. The SMILES string of the molecule is CC(N)COc1ccnc(C(=O)O)c1. The lowest BCUT2D eigenvalue weighted by molar-refractivity contribution is 0.0690. The number of nitrogens with two attached hydrogens (primary N) is 1. The quantitative estimate of drug-likeness (QED) is 0.732. The Morgan fingerprint density at radius 2 is 2.50 bits per heavy atom. The third kappa shape index (κ3) is 3.02. The second-order valence-corrected chi connectivity index (χ2v) is 2.97. The van der Waals surface area contributed by atoms with Gasteiger partial charge in [0, 0.05) is 18.3 Å². The van der Waals surface area contributed by atoms with Crippen LogP contribution >= 0.6 is 0 Å². The van der Waals surface area contributed by atoms with Gasteiger partial charge in [-0.15, -0.1) is 0 Å². The van der Waals surface area contributed by atoms with Crippen molar-refractivity contribution in [3.05, 3.63) is 24.0 Å². The maximum absolute atomic E-state index is 10.5. The van der Waals surface area contributed by atoms with Crippen molar-refractivity contribution in [2.45, 2.75) is 13.0 Å². The van der Waals surface area contributed by atoms with Crippen molar-refractivity contribution in [3.8, 4) is 5.75 Å². The first-order valence-electron chi connectivity index (χ1n) is 4.17. The number of hydrogen-bond acceptors (Lipinski definition) is 4. The molecule has 5 nitrogen and oxygen atoms in total. The fourth-order valence-electron chi connectivity index (χ4n) is 0.846. The number of carboxylic acids is 1. The second kappa shape index (κ2) is 4.57. The predicted molar refractivity (Wildman–Crippen MR) is 50.3 cm³/mol. The summed E-state index contributed by atoms with van der Waals surface area (Å²) in [5.41, 5.74) is 5.45. The van der Waals surface area contributed by atoms with Crippen molar-refractivity contribution < 1.29 is 14.6 Å². The average molecular weight is 196 g/mol. The monoisotopic (exact) mass is 196 g/mol. The van der Waals surface area contributed by atoms with Gasteiger partial charge in [0.15, 0.2) is 5.69 Å². The van der Waals surface area contributed by atoms with Gasteiger partial charge < -0.3 is 15.6 Å². The molecular weight excluding hydrogens is 184 g/mol. The molecule has 1 aromatic rings. The number of rotatable bonds is 4. The molecule has 0 saturated carbocycles. The zero-order valence-corrected chi connectivity index (χ0v) is 7.80. The van der Waals surface area contributed by atoms with E-state index in [4.69, 9.17) is 15.6 Å². The van der Waals surface area contributed by atoms with Gasteiger partial charge in [-0.3, -0.25) is 0 Å². The van der Waals surface area contributed by atoms with Crippen molar-refractivity contribution in [2.75, 3.05) is 6.61 Å². The van der Waals surface area contributed by atoms with E-state index < -0.39 is 5.97 Å². The van der Waals surface area contributed by atoms with Crippen LogP contribution in [-0.2, 0) is 0 Å². The van der Waals surface area contributed by atoms with E-state index in [0.717, 1.165) is 0 Å². The summed E-state index contributed by atoms with van der Waals surface area (Å²) in [6.07, 6.45) is 1.39. The molecule has 1 aromatic heterocycles. The van der Waals surface area contributed by atoms with Crippen molar-refractivity contribution >= 4 is 5.97 Å². The molecule has 0 fully saturated rings. The molecule has 1 unspecified atom stereocenters. The van der Waals surface area contributed by atoms with Crippen LogP contribution in [-0.4, -0.2) is 28.7 Å². The van der Waals surface area contributed by atoms with Gasteiger partial charge in [-0.25, -0.2) is 9.78 Å². The molecule has 0 aliphatic rings. The van der Waals surface area contributed by atoms with E-state index in [9.17, 15) is 4.79 Å². The van der Waals surface area contributed by atoms with Gasteiger partial charge >= 0.3 is 5.97 Å². The van der Waals surface area contributed by atoms with E-state index in [1.807, 2.05) is 0 Å². The molecular formula is C9H12N2O3. The van der Waals surface area contributed by atoms with E-state index in [1.165, 1.54) is 12.3 Å². The highest BCUT2D eigenvalue weighted by atomic mass is 16.5. The zero-order chi connectivity index (χ0) is 10.6. The summed E-state index contributed by atoms with van der Waals surface area (Å²) in [6.45, 7) is 2.16. The molecule has 0 saturated heterocycles. The molecule has 1 rings (SSSR count). The van der Waals surface area contributed by atoms with Crippen molar-refractivity contribution in [3.63, 3.8) is 0 Å². The van der Waals surface area contributed by atoms with Crippen molar-refractivity contribution in [1.29, 1.82) is 0 Å². The van der Waals surface area contributed by atoms with Crippen molar-refractivity contribution in [2.24, 2.45) is 5.73 Å². The molecule has 5 heteroatoms. The minimum Gasteiger partial charge on any atom is -0.492 e. The third-order valence-corrected chi connectivity index (χ3v) is 1.46. The standard InChI is InChI=1S/C9H12N2O3/c1-6(10)5-14-7-2-3-11-8(4-7)9(12)13/h2-4,6H,5,10H2,1H3,(H,12,13). The fourth-order valence-corrected chi connectivity index (χ4v) is 0.846. The van der Waals surface area contributed by atoms with E-state index >= 15 is 0 Å². The summed E-state index contributed by atoms with van der Waals surface area (Å²) in [6, 6.07) is 2.87. The van der Waals surface area contributed by atoms with Crippen LogP contribution in [0.1, 0.15) is 17.4 Å². The van der Waals surface area contributed by atoms with Crippen LogP contribution in [0.5, 0.6) is 5.75 Å². The maximum Gasteiger partial charge on any atom is 0.354 e. The summed E-state index contributed by atoms with van der Waals surface area (Å²) in [7, 11) is 0. The Labute approximate surface area is 81.5 Å². The van der Waals surface area contributed by atoms with Gasteiger partial charge in [0.2, 0.25) is 0 Å². The van der Waals surface area contributed by atoms with Crippen LogP contribution in [0.4, 0.5) is 0 Å². The Morgan fingerprint density at radius 3 is 3.07 bits per heavy atom. The number of nitrogens with zero attached hydrogens (tertiary/aromatic N) is 1. The van der Waals surface area contributed by atoms with Crippen LogP contribution in [0.15, 0.2) is 18.3 Å². The van der Waals surface area contributed by atoms with E-state index in [-0.39, 0.29) is 11.7 Å². The first-order valence-corrected chi connectivity index (χ1v) is 4.17. The van der Waals surface area contributed by atoms with Crippen LogP contribution < -0.4 is 10.5 Å². The highest BCUT2D eigenvalue weighted by Gasteiger charge is 2.05. The molecule has 1 atom stereocenters. The van der Waals surface area contributed by atoms with Gasteiger partial charge in [0.1, 0.15) is 12.4 Å². The highest BCUT2D eigenvalue weighted by molar-refractivity contribution is 5.85. The molecule has 0 bridgehead atoms. The Balaban J connectivity index is 2.69. The summed E-state index contributed by atoms with van der Waals surface area (Å²) in [4.78, 5) is 14.2. The molecule has 0 aliphatic heterocycles. The lowest BCUT2D eigenvalue weighted by Crippen LogP contribution is -2.23. The minimum atomic E-state index is -1.07. The van der Waals surface area contributed by atoms with E-state index in [1.54, 1.807) is 13.0 Å². The highest BCUT2D eigenvalue weighted by Crippen LogP contribution is 2.10. The van der Waals surface area contributed by atoms with Gasteiger partial charge in [0.05, 0.1) is 0 Å². The minimum absolute atomic E-state index is 0.0350. The molecule has 3 N–H and O–H groups in total. The number of carbonyl (C=O) groups is 1. The topological polar surface area (TPSA) is 85.4 Å². The van der Waals surface area contributed by atoms with Gasteiger partial charge in [-0.05, 0) is 13.0 Å². The molecule has 76 valence electrons.